The van der Waals surface area contributed by atoms with Gasteiger partial charge in [0.15, 0.2) is 11.9 Å². The van der Waals surface area contributed by atoms with Crippen LogP contribution in [0, 0.1) is 6.92 Å². The van der Waals surface area contributed by atoms with Crippen molar-refractivity contribution in [2.24, 2.45) is 0 Å². The second-order valence-electron chi connectivity index (χ2n) is 11.2. The number of nitrogen functional groups attached to an aromatic ring is 1. The molecular weight excluding hydrogens is 530 g/mol. The number of hydrogen-bond acceptors (Lipinski definition) is 8. The van der Waals surface area contributed by atoms with E-state index in [-0.39, 0.29) is 0 Å². The summed E-state index contributed by atoms with van der Waals surface area (Å²) in [7, 11) is 0. The Hall–Kier alpha value is -3.79. The van der Waals surface area contributed by atoms with Crippen molar-refractivity contribution in [1.29, 1.82) is 0 Å². The van der Waals surface area contributed by atoms with Gasteiger partial charge in [-0.3, -0.25) is 0 Å². The van der Waals surface area contributed by atoms with Gasteiger partial charge in [-0.1, -0.05) is 35.9 Å². The maximum atomic E-state index is 13.2. The van der Waals surface area contributed by atoms with Crippen molar-refractivity contribution < 1.29 is 13.9 Å². The largest absolute Gasteiger partial charge is 0.424 e. The van der Waals surface area contributed by atoms with Crippen LogP contribution in [-0.2, 0) is 9.47 Å². The second-order valence-corrected chi connectivity index (χ2v) is 11.6. The highest BCUT2D eigenvalue weighted by Crippen LogP contribution is 2.47. The van der Waals surface area contributed by atoms with Gasteiger partial charge in [0.2, 0.25) is 0 Å². The topological polar surface area (TPSA) is 118 Å². The van der Waals surface area contributed by atoms with Crippen LogP contribution in [0.25, 0.3) is 32.9 Å². The van der Waals surface area contributed by atoms with Crippen molar-refractivity contribution >= 4 is 39.2 Å². The number of anilines is 1. The molecule has 1 atom stereocenters. The summed E-state index contributed by atoms with van der Waals surface area (Å²) in [5, 5.41) is 7.09. The van der Waals surface area contributed by atoms with E-state index in [4.69, 9.17) is 36.3 Å². The summed E-state index contributed by atoms with van der Waals surface area (Å²) in [6, 6.07) is 12.5. The molecule has 0 bridgehead atoms. The Kier molecular flexibility index (Phi) is 6.03. The van der Waals surface area contributed by atoms with Gasteiger partial charge >= 0.3 is 5.63 Å². The Morgan fingerprint density at radius 1 is 1.02 bits per heavy atom. The number of rotatable bonds is 4. The number of hydrogen-bond donors (Lipinski definition) is 1. The van der Waals surface area contributed by atoms with Crippen LogP contribution in [0.3, 0.4) is 0 Å². The third-order valence-electron chi connectivity index (χ3n) is 8.10. The van der Waals surface area contributed by atoms with Gasteiger partial charge in [-0.25, -0.2) is 19.4 Å². The van der Waals surface area contributed by atoms with Crippen molar-refractivity contribution in [3.05, 3.63) is 81.3 Å². The van der Waals surface area contributed by atoms with Crippen LogP contribution in [0.2, 0.25) is 5.02 Å². The van der Waals surface area contributed by atoms with Crippen molar-refractivity contribution in [1.82, 2.24) is 19.7 Å². The molecule has 9 nitrogen and oxygen atoms in total. The van der Waals surface area contributed by atoms with Crippen molar-refractivity contribution in [2.75, 3.05) is 5.73 Å². The van der Waals surface area contributed by atoms with E-state index >= 15 is 0 Å². The molecule has 0 amide bonds. The lowest BCUT2D eigenvalue weighted by atomic mass is 9.90. The smallest absolute Gasteiger partial charge is 0.343 e. The number of nitrogens with zero attached hydrogens (tertiary/aromatic N) is 4. The number of aryl methyl sites for hydroxylation is 1. The van der Waals surface area contributed by atoms with Crippen LogP contribution in [-0.4, -0.2) is 31.0 Å². The standard InChI is InChI=1S/C30H30ClN5O4/c1-15-22-25(32)33-14-34-26(22)36(35-15)16(2)24-23(18-9-7-8-10-19(18)27(37)38-24)17-11-12-21(31)20(13-17)28-39-29(3,4)30(5,6)40-28/h7-14,16,28H,1-6H3,(H2,32,33,34). The summed E-state index contributed by atoms with van der Waals surface area (Å²) < 4.78 is 20.4. The molecule has 0 spiro atoms. The molecule has 1 aliphatic heterocycles. The number of aromatic nitrogens is 4. The summed E-state index contributed by atoms with van der Waals surface area (Å²) in [6.45, 7) is 11.7. The highest BCUT2D eigenvalue weighted by Gasteiger charge is 2.50. The van der Waals surface area contributed by atoms with Crippen molar-refractivity contribution in [2.45, 2.75) is 65.1 Å². The Morgan fingerprint density at radius 2 is 1.70 bits per heavy atom. The van der Waals surface area contributed by atoms with Gasteiger partial charge in [0.25, 0.3) is 0 Å². The molecule has 1 saturated heterocycles. The zero-order valence-electron chi connectivity index (χ0n) is 23.2. The molecule has 0 saturated carbocycles. The zero-order valence-corrected chi connectivity index (χ0v) is 23.9. The highest BCUT2D eigenvalue weighted by atomic mass is 35.5. The first-order valence-corrected chi connectivity index (χ1v) is 13.4. The summed E-state index contributed by atoms with van der Waals surface area (Å²) in [5.41, 5.74) is 8.07. The normalized spacial score (nSPS) is 17.6. The predicted molar refractivity (Wildman–Crippen MR) is 154 cm³/mol. The number of nitrogens with two attached hydrogens (primary N) is 1. The highest BCUT2D eigenvalue weighted by molar-refractivity contribution is 6.31. The van der Waals surface area contributed by atoms with Crippen LogP contribution >= 0.6 is 11.6 Å². The fraction of sp³-hybridized carbons (Fsp3) is 0.333. The number of ether oxygens (including phenoxy) is 2. The molecule has 5 aromatic rings. The van der Waals surface area contributed by atoms with Crippen LogP contribution in [0.1, 0.15) is 64.0 Å². The quantitative estimate of drug-likeness (QED) is 0.270. The third kappa shape index (κ3) is 3.99. The molecule has 0 aliphatic carbocycles. The van der Waals surface area contributed by atoms with Crippen molar-refractivity contribution in [3.63, 3.8) is 0 Å². The van der Waals surface area contributed by atoms with E-state index in [1.807, 2.05) is 77.9 Å². The molecule has 1 unspecified atom stereocenters. The number of benzene rings is 2. The predicted octanol–water partition coefficient (Wildman–Crippen LogP) is 6.36. The summed E-state index contributed by atoms with van der Waals surface area (Å²) in [6.07, 6.45) is 0.730. The summed E-state index contributed by atoms with van der Waals surface area (Å²) in [5.74, 6) is 0.762. The van der Waals surface area contributed by atoms with E-state index in [2.05, 4.69) is 9.97 Å². The average molecular weight is 560 g/mol. The molecule has 10 heteroatoms. The van der Waals surface area contributed by atoms with Gasteiger partial charge in [-0.2, -0.15) is 5.10 Å². The van der Waals surface area contributed by atoms with E-state index in [0.29, 0.717) is 44.3 Å². The fourth-order valence-corrected chi connectivity index (χ4v) is 5.42. The lowest BCUT2D eigenvalue weighted by molar-refractivity contribution is -0.0894. The maximum absolute atomic E-state index is 13.2. The van der Waals surface area contributed by atoms with E-state index in [1.165, 1.54) is 6.33 Å². The van der Waals surface area contributed by atoms with Crippen LogP contribution in [0.5, 0.6) is 0 Å². The Labute approximate surface area is 235 Å². The molecule has 2 aromatic carbocycles. The minimum atomic E-state index is -0.669. The first-order valence-electron chi connectivity index (χ1n) is 13.1. The van der Waals surface area contributed by atoms with Crippen molar-refractivity contribution in [3.8, 4) is 11.1 Å². The van der Waals surface area contributed by atoms with Gasteiger partial charge in [-0.15, -0.1) is 0 Å². The molecule has 6 rings (SSSR count). The Balaban J connectivity index is 1.58. The zero-order chi connectivity index (χ0) is 28.6. The molecule has 1 aliphatic rings. The van der Waals surface area contributed by atoms with Crippen LogP contribution in [0.15, 0.2) is 58.0 Å². The number of halogens is 1. The first-order chi connectivity index (χ1) is 18.9. The summed E-state index contributed by atoms with van der Waals surface area (Å²) in [4.78, 5) is 21.8. The molecule has 1 fully saturated rings. The monoisotopic (exact) mass is 559 g/mol. The van der Waals surface area contributed by atoms with E-state index in [0.717, 1.165) is 16.5 Å². The van der Waals surface area contributed by atoms with E-state index in [1.54, 1.807) is 10.7 Å². The Morgan fingerprint density at radius 3 is 2.40 bits per heavy atom. The van der Waals surface area contributed by atoms with Gasteiger partial charge in [-0.05, 0) is 65.3 Å². The minimum Gasteiger partial charge on any atom is -0.424 e. The molecule has 3 aromatic heterocycles. The van der Waals surface area contributed by atoms with E-state index < -0.39 is 29.2 Å². The van der Waals surface area contributed by atoms with E-state index in [9.17, 15) is 4.79 Å². The van der Waals surface area contributed by atoms with Crippen LogP contribution in [0.4, 0.5) is 5.82 Å². The lowest BCUT2D eigenvalue weighted by Crippen LogP contribution is -2.41. The molecular formula is C30H30ClN5O4. The molecule has 4 heterocycles. The maximum Gasteiger partial charge on any atom is 0.343 e. The van der Waals surface area contributed by atoms with Gasteiger partial charge in [0.1, 0.15) is 23.9 Å². The van der Waals surface area contributed by atoms with Gasteiger partial charge in [0, 0.05) is 21.5 Å². The molecule has 0 radical (unpaired) electrons. The second kappa shape index (κ2) is 9.12. The fourth-order valence-electron chi connectivity index (χ4n) is 5.21. The number of fused-ring (bicyclic) bond motifs is 2. The molecule has 2 N–H and O–H groups in total. The summed E-state index contributed by atoms with van der Waals surface area (Å²) >= 11 is 6.70. The van der Waals surface area contributed by atoms with Gasteiger partial charge < -0.3 is 19.6 Å². The minimum absolute atomic E-state index is 0.339. The molecule has 206 valence electrons. The average Bonchev–Trinajstić information content (AvgIpc) is 3.36. The first kappa shape index (κ1) is 26.4. The van der Waals surface area contributed by atoms with Crippen LogP contribution < -0.4 is 11.4 Å². The Bertz CT molecular complexity index is 1840. The lowest BCUT2D eigenvalue weighted by Gasteiger charge is -2.30. The SMILES string of the molecule is Cc1nn(C(C)c2oc(=O)c3ccccc3c2-c2ccc(Cl)c(C3OC(C)(C)C(C)(C)O3)c2)c2ncnc(N)c12. The third-order valence-corrected chi connectivity index (χ3v) is 8.44. The van der Waals surface area contributed by atoms with Gasteiger partial charge in [0.05, 0.1) is 27.7 Å². The molecule has 40 heavy (non-hydrogen) atoms.